The first-order valence-corrected chi connectivity index (χ1v) is 7.56. The molecule has 1 aliphatic rings. The molecule has 0 aromatic heterocycles. The third kappa shape index (κ3) is 3.10. The molecule has 2 rings (SSSR count). The quantitative estimate of drug-likeness (QED) is 0.884. The molecule has 1 amide bonds. The Hall–Kier alpha value is -1.47. The highest BCUT2D eigenvalue weighted by atomic mass is 32.2. The van der Waals surface area contributed by atoms with Crippen LogP contribution in [0.15, 0.2) is 23.1 Å². The van der Waals surface area contributed by atoms with Gasteiger partial charge >= 0.3 is 0 Å². The predicted molar refractivity (Wildman–Crippen MR) is 67.5 cm³/mol. The van der Waals surface area contributed by atoms with Gasteiger partial charge in [-0.1, -0.05) is 0 Å². The Morgan fingerprint density at radius 1 is 1.21 bits per heavy atom. The van der Waals surface area contributed by atoms with Crippen molar-refractivity contribution in [2.24, 2.45) is 5.14 Å². The summed E-state index contributed by atoms with van der Waals surface area (Å²) in [6, 6.07) is 2.94. The SMILES string of the molecule is NS(=O)(=O)c1ccc(F)cc1C(=O)N1CCCCC1. The smallest absolute Gasteiger partial charge is 0.255 e. The van der Waals surface area contributed by atoms with Crippen LogP contribution in [0, 0.1) is 5.82 Å². The van der Waals surface area contributed by atoms with Gasteiger partial charge in [0.25, 0.3) is 5.91 Å². The van der Waals surface area contributed by atoms with E-state index >= 15 is 0 Å². The highest BCUT2D eigenvalue weighted by Gasteiger charge is 2.25. The van der Waals surface area contributed by atoms with Crippen molar-refractivity contribution < 1.29 is 17.6 Å². The minimum absolute atomic E-state index is 0.190. The van der Waals surface area contributed by atoms with Crippen molar-refractivity contribution in [3.63, 3.8) is 0 Å². The second-order valence-electron chi connectivity index (χ2n) is 4.54. The Bertz CT molecular complexity index is 595. The van der Waals surface area contributed by atoms with Crippen LogP contribution in [0.25, 0.3) is 0 Å². The second kappa shape index (κ2) is 5.26. The maximum atomic E-state index is 13.3. The average molecular weight is 286 g/mol. The van der Waals surface area contributed by atoms with Gasteiger partial charge < -0.3 is 4.90 Å². The number of sulfonamides is 1. The number of carbonyl (C=O) groups is 1. The Balaban J connectivity index is 2.42. The highest BCUT2D eigenvalue weighted by molar-refractivity contribution is 7.89. The summed E-state index contributed by atoms with van der Waals surface area (Å²) in [5.41, 5.74) is -0.190. The van der Waals surface area contributed by atoms with Gasteiger partial charge in [0.05, 0.1) is 10.5 Å². The zero-order valence-corrected chi connectivity index (χ0v) is 11.1. The lowest BCUT2D eigenvalue weighted by Crippen LogP contribution is -2.36. The van der Waals surface area contributed by atoms with Crippen molar-refractivity contribution in [2.75, 3.05) is 13.1 Å². The van der Waals surface area contributed by atoms with E-state index in [9.17, 15) is 17.6 Å². The fourth-order valence-corrected chi connectivity index (χ4v) is 2.90. The molecular formula is C12H15FN2O3S. The first-order chi connectivity index (χ1) is 8.89. The van der Waals surface area contributed by atoms with Crippen LogP contribution in [0.2, 0.25) is 0 Å². The number of benzene rings is 1. The normalized spacial score (nSPS) is 16.4. The highest BCUT2D eigenvalue weighted by Crippen LogP contribution is 2.20. The molecule has 1 aromatic carbocycles. The Morgan fingerprint density at radius 3 is 2.42 bits per heavy atom. The molecule has 1 aromatic rings. The topological polar surface area (TPSA) is 80.5 Å². The Morgan fingerprint density at radius 2 is 1.84 bits per heavy atom. The maximum Gasteiger partial charge on any atom is 0.255 e. The molecule has 0 radical (unpaired) electrons. The van der Waals surface area contributed by atoms with Crippen LogP contribution < -0.4 is 5.14 Å². The van der Waals surface area contributed by atoms with E-state index in [0.717, 1.165) is 37.5 Å². The number of rotatable bonds is 2. The van der Waals surface area contributed by atoms with Crippen molar-refractivity contribution >= 4 is 15.9 Å². The monoisotopic (exact) mass is 286 g/mol. The predicted octanol–water partition coefficient (Wildman–Crippen LogP) is 1.10. The molecule has 0 atom stereocenters. The molecule has 0 saturated carbocycles. The molecule has 7 heteroatoms. The lowest BCUT2D eigenvalue weighted by Gasteiger charge is -2.27. The van der Waals surface area contributed by atoms with E-state index in [1.54, 1.807) is 0 Å². The number of halogens is 1. The van der Waals surface area contributed by atoms with Gasteiger partial charge in [0.15, 0.2) is 0 Å². The minimum atomic E-state index is -4.05. The number of likely N-dealkylation sites (tertiary alicyclic amines) is 1. The molecular weight excluding hydrogens is 271 g/mol. The number of amides is 1. The van der Waals surface area contributed by atoms with Crippen molar-refractivity contribution in [2.45, 2.75) is 24.2 Å². The van der Waals surface area contributed by atoms with Gasteiger partial charge in [-0.05, 0) is 37.5 Å². The Labute approximate surface area is 111 Å². The molecule has 0 spiro atoms. The van der Waals surface area contributed by atoms with Gasteiger partial charge in [-0.15, -0.1) is 0 Å². The number of carbonyl (C=O) groups excluding carboxylic acids is 1. The van der Waals surface area contributed by atoms with Gasteiger partial charge in [-0.3, -0.25) is 4.79 Å². The number of piperidine rings is 1. The molecule has 0 aliphatic carbocycles. The maximum absolute atomic E-state index is 13.3. The van der Waals surface area contributed by atoms with E-state index in [4.69, 9.17) is 5.14 Å². The molecule has 5 nitrogen and oxygen atoms in total. The molecule has 104 valence electrons. The van der Waals surface area contributed by atoms with Crippen molar-refractivity contribution in [1.29, 1.82) is 0 Å². The lowest BCUT2D eigenvalue weighted by atomic mass is 10.1. The number of hydrogen-bond donors (Lipinski definition) is 1. The van der Waals surface area contributed by atoms with E-state index in [0.29, 0.717) is 13.1 Å². The summed E-state index contributed by atoms with van der Waals surface area (Å²) < 4.78 is 36.1. The third-order valence-electron chi connectivity index (χ3n) is 3.12. The van der Waals surface area contributed by atoms with Gasteiger partial charge in [0, 0.05) is 13.1 Å². The molecule has 0 unspecified atom stereocenters. The zero-order chi connectivity index (χ0) is 14.0. The fraction of sp³-hybridized carbons (Fsp3) is 0.417. The first kappa shape index (κ1) is 14.0. The molecule has 19 heavy (non-hydrogen) atoms. The summed E-state index contributed by atoms with van der Waals surface area (Å²) in [4.78, 5) is 13.5. The van der Waals surface area contributed by atoms with Crippen molar-refractivity contribution in [3.05, 3.63) is 29.6 Å². The van der Waals surface area contributed by atoms with Gasteiger partial charge in [0.2, 0.25) is 10.0 Å². The second-order valence-corrected chi connectivity index (χ2v) is 6.07. The Kier molecular flexibility index (Phi) is 3.86. The van der Waals surface area contributed by atoms with Gasteiger partial charge in [-0.25, -0.2) is 17.9 Å². The van der Waals surface area contributed by atoms with Crippen molar-refractivity contribution in [3.8, 4) is 0 Å². The van der Waals surface area contributed by atoms with Crippen LogP contribution in [0.5, 0.6) is 0 Å². The van der Waals surface area contributed by atoms with E-state index in [1.165, 1.54) is 4.90 Å². The van der Waals surface area contributed by atoms with Crippen LogP contribution in [-0.2, 0) is 10.0 Å². The molecule has 1 fully saturated rings. The largest absolute Gasteiger partial charge is 0.339 e. The van der Waals surface area contributed by atoms with E-state index in [2.05, 4.69) is 0 Å². The zero-order valence-electron chi connectivity index (χ0n) is 10.3. The number of primary sulfonamides is 1. The molecule has 1 aliphatic heterocycles. The van der Waals surface area contributed by atoms with Gasteiger partial charge in [0.1, 0.15) is 5.82 Å². The summed E-state index contributed by atoms with van der Waals surface area (Å²) >= 11 is 0. The average Bonchev–Trinajstić information content (AvgIpc) is 2.37. The summed E-state index contributed by atoms with van der Waals surface area (Å²) in [6.45, 7) is 1.11. The molecule has 0 bridgehead atoms. The summed E-state index contributed by atoms with van der Waals surface area (Å²) in [7, 11) is -4.05. The molecule has 2 N–H and O–H groups in total. The first-order valence-electron chi connectivity index (χ1n) is 6.01. The number of nitrogens with two attached hydrogens (primary N) is 1. The summed E-state index contributed by atoms with van der Waals surface area (Å²) in [5, 5.41) is 5.05. The lowest BCUT2D eigenvalue weighted by molar-refractivity contribution is 0.0720. The van der Waals surface area contributed by atoms with E-state index in [-0.39, 0.29) is 10.5 Å². The number of nitrogens with zero attached hydrogens (tertiary/aromatic N) is 1. The van der Waals surface area contributed by atoms with Crippen LogP contribution in [-0.4, -0.2) is 32.3 Å². The minimum Gasteiger partial charge on any atom is -0.339 e. The van der Waals surface area contributed by atoms with E-state index < -0.39 is 21.7 Å². The van der Waals surface area contributed by atoms with Crippen LogP contribution >= 0.6 is 0 Å². The fourth-order valence-electron chi connectivity index (χ4n) is 2.18. The van der Waals surface area contributed by atoms with Crippen molar-refractivity contribution in [1.82, 2.24) is 4.90 Å². The molecule has 1 saturated heterocycles. The van der Waals surface area contributed by atoms with Gasteiger partial charge in [-0.2, -0.15) is 0 Å². The summed E-state index contributed by atoms with van der Waals surface area (Å²) in [6.07, 6.45) is 2.77. The standard InChI is InChI=1S/C12H15FN2O3S/c13-9-4-5-11(19(14,17)18)10(8-9)12(16)15-6-2-1-3-7-15/h4-5,8H,1-3,6-7H2,(H2,14,17,18). The molecule has 1 heterocycles. The van der Waals surface area contributed by atoms with E-state index in [1.807, 2.05) is 0 Å². The third-order valence-corrected chi connectivity index (χ3v) is 4.09. The van der Waals surface area contributed by atoms with Crippen LogP contribution in [0.4, 0.5) is 4.39 Å². The van der Waals surface area contributed by atoms with Crippen LogP contribution in [0.1, 0.15) is 29.6 Å². The van der Waals surface area contributed by atoms with Crippen LogP contribution in [0.3, 0.4) is 0 Å². The summed E-state index contributed by atoms with van der Waals surface area (Å²) in [5.74, 6) is -1.14. The number of hydrogen-bond acceptors (Lipinski definition) is 3.